The molecule has 5 nitrogen and oxygen atoms in total. The fraction of sp³-hybridized carbons (Fsp3) is 0.350. The standard InChI is InChI=1S/C20H24N2O3/c1-13-12-16(8-11-18(13)22(24)25)19(23)21-14(2)15-6-9-17(10-7-15)20(3,4)5/h6-12,14H,1-5H3,(H,21,23)/t14-/m1/s1. The first-order valence-electron chi connectivity index (χ1n) is 8.26. The van der Waals surface area contributed by atoms with Crippen LogP contribution in [0.15, 0.2) is 42.5 Å². The van der Waals surface area contributed by atoms with Gasteiger partial charge in [0.2, 0.25) is 0 Å². The fourth-order valence-corrected chi connectivity index (χ4v) is 2.64. The monoisotopic (exact) mass is 340 g/mol. The maximum atomic E-state index is 12.4. The fourth-order valence-electron chi connectivity index (χ4n) is 2.64. The molecule has 0 aliphatic carbocycles. The summed E-state index contributed by atoms with van der Waals surface area (Å²) in [5.41, 5.74) is 3.24. The van der Waals surface area contributed by atoms with Crippen LogP contribution in [-0.2, 0) is 5.41 Å². The summed E-state index contributed by atoms with van der Waals surface area (Å²) in [6.07, 6.45) is 0. The molecule has 0 unspecified atom stereocenters. The van der Waals surface area contributed by atoms with Crippen molar-refractivity contribution in [1.29, 1.82) is 0 Å². The van der Waals surface area contributed by atoms with Crippen molar-refractivity contribution in [2.75, 3.05) is 0 Å². The molecular weight excluding hydrogens is 316 g/mol. The quantitative estimate of drug-likeness (QED) is 0.648. The van der Waals surface area contributed by atoms with Crippen molar-refractivity contribution < 1.29 is 9.72 Å². The lowest BCUT2D eigenvalue weighted by molar-refractivity contribution is -0.385. The molecule has 2 rings (SSSR count). The van der Waals surface area contributed by atoms with Crippen LogP contribution in [0.2, 0.25) is 0 Å². The number of rotatable bonds is 4. The maximum Gasteiger partial charge on any atom is 0.272 e. The predicted molar refractivity (Wildman–Crippen MR) is 98.9 cm³/mol. The lowest BCUT2D eigenvalue weighted by Crippen LogP contribution is -2.26. The average Bonchev–Trinajstić information content (AvgIpc) is 2.53. The molecule has 0 aliphatic rings. The Morgan fingerprint density at radius 3 is 2.20 bits per heavy atom. The van der Waals surface area contributed by atoms with E-state index in [9.17, 15) is 14.9 Å². The van der Waals surface area contributed by atoms with Crippen LogP contribution in [0.25, 0.3) is 0 Å². The highest BCUT2D eigenvalue weighted by molar-refractivity contribution is 5.95. The summed E-state index contributed by atoms with van der Waals surface area (Å²) in [4.78, 5) is 22.8. The molecule has 1 N–H and O–H groups in total. The molecule has 0 aromatic heterocycles. The molecule has 0 heterocycles. The van der Waals surface area contributed by atoms with Gasteiger partial charge in [0.15, 0.2) is 0 Å². The van der Waals surface area contributed by atoms with E-state index >= 15 is 0 Å². The van der Waals surface area contributed by atoms with Crippen LogP contribution in [0.3, 0.4) is 0 Å². The largest absolute Gasteiger partial charge is 0.346 e. The Labute approximate surface area is 148 Å². The van der Waals surface area contributed by atoms with Crippen molar-refractivity contribution in [3.63, 3.8) is 0 Å². The molecule has 0 radical (unpaired) electrons. The summed E-state index contributed by atoms with van der Waals surface area (Å²) in [5, 5.41) is 13.8. The molecule has 25 heavy (non-hydrogen) atoms. The first kappa shape index (κ1) is 18.6. The number of aryl methyl sites for hydroxylation is 1. The van der Waals surface area contributed by atoms with Crippen LogP contribution in [-0.4, -0.2) is 10.8 Å². The van der Waals surface area contributed by atoms with Crippen molar-refractivity contribution in [2.45, 2.75) is 46.1 Å². The van der Waals surface area contributed by atoms with Crippen LogP contribution in [0.5, 0.6) is 0 Å². The van der Waals surface area contributed by atoms with E-state index in [0.717, 1.165) is 5.56 Å². The third-order valence-corrected chi connectivity index (χ3v) is 4.28. The van der Waals surface area contributed by atoms with E-state index in [0.29, 0.717) is 11.1 Å². The number of carbonyl (C=O) groups is 1. The molecule has 0 bridgehead atoms. The normalized spacial score (nSPS) is 12.5. The molecule has 0 aliphatic heterocycles. The Balaban J connectivity index is 2.12. The highest BCUT2D eigenvalue weighted by Gasteiger charge is 2.17. The van der Waals surface area contributed by atoms with Crippen LogP contribution in [0.1, 0.15) is 60.8 Å². The third-order valence-electron chi connectivity index (χ3n) is 4.28. The highest BCUT2D eigenvalue weighted by Crippen LogP contribution is 2.24. The zero-order valence-electron chi connectivity index (χ0n) is 15.3. The van der Waals surface area contributed by atoms with Gasteiger partial charge in [-0.05, 0) is 42.5 Å². The molecule has 0 spiro atoms. The van der Waals surface area contributed by atoms with Gasteiger partial charge in [-0.2, -0.15) is 0 Å². The van der Waals surface area contributed by atoms with Gasteiger partial charge >= 0.3 is 0 Å². The van der Waals surface area contributed by atoms with Crippen molar-refractivity contribution in [3.8, 4) is 0 Å². The van der Waals surface area contributed by atoms with Gasteiger partial charge in [0.25, 0.3) is 11.6 Å². The zero-order chi connectivity index (χ0) is 18.8. The van der Waals surface area contributed by atoms with Gasteiger partial charge in [0.1, 0.15) is 0 Å². The smallest absolute Gasteiger partial charge is 0.272 e. The van der Waals surface area contributed by atoms with E-state index in [4.69, 9.17) is 0 Å². The van der Waals surface area contributed by atoms with Gasteiger partial charge in [0.05, 0.1) is 11.0 Å². The van der Waals surface area contributed by atoms with Crippen molar-refractivity contribution in [2.24, 2.45) is 0 Å². The van der Waals surface area contributed by atoms with Gasteiger partial charge in [-0.1, -0.05) is 45.0 Å². The first-order chi connectivity index (χ1) is 11.6. The van der Waals surface area contributed by atoms with E-state index < -0.39 is 4.92 Å². The molecule has 0 saturated heterocycles. The summed E-state index contributed by atoms with van der Waals surface area (Å²) < 4.78 is 0. The lowest BCUT2D eigenvalue weighted by atomic mass is 9.86. The minimum atomic E-state index is -0.448. The number of hydrogen-bond acceptors (Lipinski definition) is 3. The Hall–Kier alpha value is -2.69. The molecule has 1 atom stereocenters. The average molecular weight is 340 g/mol. The van der Waals surface area contributed by atoms with Crippen LogP contribution in [0, 0.1) is 17.0 Å². The van der Waals surface area contributed by atoms with Gasteiger partial charge < -0.3 is 5.32 Å². The molecule has 0 saturated carbocycles. The minimum Gasteiger partial charge on any atom is -0.346 e. The lowest BCUT2D eigenvalue weighted by Gasteiger charge is -2.20. The van der Waals surface area contributed by atoms with E-state index in [1.54, 1.807) is 13.0 Å². The SMILES string of the molecule is Cc1cc(C(=O)N[C@H](C)c2ccc(C(C)(C)C)cc2)ccc1[N+](=O)[O-]. The topological polar surface area (TPSA) is 72.2 Å². The summed E-state index contributed by atoms with van der Waals surface area (Å²) in [6.45, 7) is 10.0. The highest BCUT2D eigenvalue weighted by atomic mass is 16.6. The number of amides is 1. The Morgan fingerprint density at radius 1 is 1.12 bits per heavy atom. The van der Waals surface area contributed by atoms with E-state index in [1.807, 2.05) is 19.1 Å². The van der Waals surface area contributed by atoms with Gasteiger partial charge in [-0.15, -0.1) is 0 Å². The number of nitro groups is 1. The maximum absolute atomic E-state index is 12.4. The van der Waals surface area contributed by atoms with Gasteiger partial charge in [-0.25, -0.2) is 0 Å². The van der Waals surface area contributed by atoms with E-state index in [2.05, 4.69) is 38.2 Å². The van der Waals surface area contributed by atoms with E-state index in [1.165, 1.54) is 17.7 Å². The summed E-state index contributed by atoms with van der Waals surface area (Å²) >= 11 is 0. The summed E-state index contributed by atoms with van der Waals surface area (Å²) in [6, 6.07) is 12.4. The third kappa shape index (κ3) is 4.44. The predicted octanol–water partition coefficient (Wildman–Crippen LogP) is 4.69. The zero-order valence-corrected chi connectivity index (χ0v) is 15.3. The molecular formula is C20H24N2O3. The number of nitrogens with one attached hydrogen (secondary N) is 1. The molecule has 5 heteroatoms. The molecule has 1 amide bonds. The van der Waals surface area contributed by atoms with Crippen molar-refractivity contribution in [3.05, 3.63) is 74.8 Å². The van der Waals surface area contributed by atoms with Crippen LogP contribution in [0.4, 0.5) is 5.69 Å². The Morgan fingerprint density at radius 2 is 1.72 bits per heavy atom. The second-order valence-corrected chi connectivity index (χ2v) is 7.33. The minimum absolute atomic E-state index is 0.0161. The second kappa shape index (κ2) is 7.05. The number of hydrogen-bond donors (Lipinski definition) is 1. The Kier molecular flexibility index (Phi) is 5.26. The van der Waals surface area contributed by atoms with Crippen LogP contribution >= 0.6 is 0 Å². The number of benzene rings is 2. The number of carbonyl (C=O) groups excluding carboxylic acids is 1. The van der Waals surface area contributed by atoms with Crippen molar-refractivity contribution >= 4 is 11.6 Å². The molecule has 132 valence electrons. The molecule has 2 aromatic carbocycles. The van der Waals surface area contributed by atoms with Crippen molar-refractivity contribution in [1.82, 2.24) is 5.32 Å². The van der Waals surface area contributed by atoms with E-state index in [-0.39, 0.29) is 23.1 Å². The summed E-state index contributed by atoms with van der Waals surface area (Å²) in [7, 11) is 0. The first-order valence-corrected chi connectivity index (χ1v) is 8.26. The number of nitro benzene ring substituents is 1. The van der Waals surface area contributed by atoms with Gasteiger partial charge in [0, 0.05) is 17.2 Å². The Bertz CT molecular complexity index is 790. The molecule has 2 aromatic rings. The summed E-state index contributed by atoms with van der Waals surface area (Å²) in [5.74, 6) is -0.245. The number of nitrogens with zero attached hydrogens (tertiary/aromatic N) is 1. The van der Waals surface area contributed by atoms with Gasteiger partial charge in [-0.3, -0.25) is 14.9 Å². The molecule has 0 fully saturated rings. The second-order valence-electron chi connectivity index (χ2n) is 7.33. The van der Waals surface area contributed by atoms with Crippen LogP contribution < -0.4 is 5.32 Å².